The molecular weight excluding hydrogens is 394 g/mol. The highest BCUT2D eigenvalue weighted by molar-refractivity contribution is 6.05. The molecule has 0 aliphatic carbocycles. The molecule has 9 nitrogen and oxygen atoms in total. The quantitative estimate of drug-likeness (QED) is 0.628. The molecule has 1 aliphatic rings. The fourth-order valence-corrected chi connectivity index (χ4v) is 3.61. The normalized spacial score (nSPS) is 13.7. The van der Waals surface area contributed by atoms with Gasteiger partial charge in [-0.1, -0.05) is 0 Å². The van der Waals surface area contributed by atoms with Crippen molar-refractivity contribution in [3.8, 4) is 5.88 Å². The summed E-state index contributed by atoms with van der Waals surface area (Å²) in [5.74, 6) is 1.55. The second-order valence-corrected chi connectivity index (χ2v) is 7.62. The zero-order valence-corrected chi connectivity index (χ0v) is 18.1. The van der Waals surface area contributed by atoms with E-state index in [2.05, 4.69) is 25.6 Å². The number of carbonyl (C=O) groups is 1. The van der Waals surface area contributed by atoms with E-state index in [1.54, 1.807) is 17.9 Å². The lowest BCUT2D eigenvalue weighted by Crippen LogP contribution is -2.31. The fourth-order valence-electron chi connectivity index (χ4n) is 3.61. The van der Waals surface area contributed by atoms with Gasteiger partial charge in [0.05, 0.1) is 7.11 Å². The molecule has 0 saturated carbocycles. The molecule has 4 rings (SSSR count). The molecule has 1 aliphatic heterocycles. The van der Waals surface area contributed by atoms with Gasteiger partial charge in [-0.05, 0) is 50.5 Å². The predicted molar refractivity (Wildman–Crippen MR) is 120 cm³/mol. The number of ether oxygens (including phenoxy) is 1. The van der Waals surface area contributed by atoms with Crippen LogP contribution in [0.25, 0.3) is 0 Å². The summed E-state index contributed by atoms with van der Waals surface area (Å²) in [6.07, 6.45) is 5.25. The lowest BCUT2D eigenvalue weighted by Gasteiger charge is -2.27. The van der Waals surface area contributed by atoms with E-state index in [0.29, 0.717) is 17.1 Å². The van der Waals surface area contributed by atoms with Gasteiger partial charge in [-0.25, -0.2) is 4.98 Å². The molecular formula is C22H27N7O2. The van der Waals surface area contributed by atoms with Gasteiger partial charge in [0.1, 0.15) is 11.4 Å². The average Bonchev–Trinajstić information content (AvgIpc) is 3.16. The first-order chi connectivity index (χ1) is 15.0. The van der Waals surface area contributed by atoms with Crippen molar-refractivity contribution < 1.29 is 9.53 Å². The first-order valence-electron chi connectivity index (χ1n) is 10.4. The third-order valence-electron chi connectivity index (χ3n) is 5.13. The Hall–Kier alpha value is -3.62. The van der Waals surface area contributed by atoms with Crippen LogP contribution in [0.4, 0.5) is 23.1 Å². The van der Waals surface area contributed by atoms with Crippen LogP contribution >= 0.6 is 0 Å². The second-order valence-electron chi connectivity index (χ2n) is 7.62. The molecule has 2 N–H and O–H groups in total. The Balaban J connectivity index is 1.44. The van der Waals surface area contributed by atoms with Crippen LogP contribution in [0.2, 0.25) is 0 Å². The number of piperidine rings is 1. The molecule has 9 heteroatoms. The summed E-state index contributed by atoms with van der Waals surface area (Å²) in [5, 5.41) is 10.3. The van der Waals surface area contributed by atoms with Gasteiger partial charge < -0.3 is 20.3 Å². The smallest absolute Gasteiger partial charge is 0.262 e. The Morgan fingerprint density at radius 2 is 1.77 bits per heavy atom. The minimum absolute atomic E-state index is 0.275. The highest BCUT2D eigenvalue weighted by Crippen LogP contribution is 2.23. The number of nitrogens with zero attached hydrogens (tertiary/aromatic N) is 5. The highest BCUT2D eigenvalue weighted by atomic mass is 16.5. The van der Waals surface area contributed by atoms with E-state index in [0.717, 1.165) is 36.2 Å². The highest BCUT2D eigenvalue weighted by Gasteiger charge is 2.17. The van der Waals surface area contributed by atoms with Gasteiger partial charge >= 0.3 is 0 Å². The van der Waals surface area contributed by atoms with Crippen molar-refractivity contribution in [1.29, 1.82) is 0 Å². The zero-order valence-electron chi connectivity index (χ0n) is 18.1. The summed E-state index contributed by atoms with van der Waals surface area (Å²) in [6.45, 7) is 3.98. The Labute approximate surface area is 181 Å². The van der Waals surface area contributed by atoms with Gasteiger partial charge in [-0.15, -0.1) is 5.10 Å². The van der Waals surface area contributed by atoms with Crippen LogP contribution in [0.15, 0.2) is 36.5 Å². The summed E-state index contributed by atoms with van der Waals surface area (Å²) in [6, 6.07) is 9.39. The number of carbonyl (C=O) groups excluding carboxylic acids is 1. The molecule has 0 radical (unpaired) electrons. The minimum atomic E-state index is -0.275. The number of nitrogens with one attached hydrogen (secondary N) is 2. The maximum atomic E-state index is 12.5. The lowest BCUT2D eigenvalue weighted by molar-refractivity contribution is 0.102. The number of rotatable bonds is 6. The van der Waals surface area contributed by atoms with E-state index in [9.17, 15) is 4.79 Å². The van der Waals surface area contributed by atoms with E-state index >= 15 is 0 Å². The van der Waals surface area contributed by atoms with E-state index in [1.807, 2.05) is 37.3 Å². The van der Waals surface area contributed by atoms with Gasteiger partial charge in [0.2, 0.25) is 11.8 Å². The third kappa shape index (κ3) is 4.93. The van der Waals surface area contributed by atoms with E-state index in [-0.39, 0.29) is 5.91 Å². The van der Waals surface area contributed by atoms with Gasteiger partial charge in [0, 0.05) is 49.5 Å². The summed E-state index contributed by atoms with van der Waals surface area (Å²) in [7, 11) is 3.23. The number of hydrogen-bond acceptors (Lipinski definition) is 7. The molecule has 0 unspecified atom stereocenters. The van der Waals surface area contributed by atoms with Crippen LogP contribution in [0.5, 0.6) is 5.88 Å². The average molecular weight is 422 g/mol. The summed E-state index contributed by atoms with van der Waals surface area (Å²) in [5.41, 5.74) is 2.86. The Morgan fingerprint density at radius 1 is 1.06 bits per heavy atom. The third-order valence-corrected chi connectivity index (χ3v) is 5.13. The van der Waals surface area contributed by atoms with Crippen molar-refractivity contribution in [2.24, 2.45) is 7.05 Å². The van der Waals surface area contributed by atoms with Gasteiger partial charge in [-0.2, -0.15) is 4.98 Å². The maximum absolute atomic E-state index is 12.5. The first kappa shape index (κ1) is 20.6. The number of amides is 1. The topological polar surface area (TPSA) is 97.2 Å². The van der Waals surface area contributed by atoms with Crippen LogP contribution in [0, 0.1) is 6.92 Å². The van der Waals surface area contributed by atoms with Crippen LogP contribution < -0.4 is 20.3 Å². The van der Waals surface area contributed by atoms with Crippen molar-refractivity contribution in [3.63, 3.8) is 0 Å². The number of methoxy groups -OCH3 is 1. The number of aromatic nitrogens is 4. The molecule has 0 bridgehead atoms. The molecule has 162 valence electrons. The molecule has 1 fully saturated rings. The maximum Gasteiger partial charge on any atom is 0.262 e. The standard InChI is InChI=1S/C22H27N7O2/c1-15-13-19(26-22(23-15)29-11-5-4-6-12-29)24-16-7-9-17(10-8-16)25-20(30)18-14-28(2)27-21(18)31-3/h7-10,13-14H,4-6,11-12H2,1-3H3,(H,25,30)(H,23,24,26). The summed E-state index contributed by atoms with van der Waals surface area (Å²) < 4.78 is 6.70. The van der Waals surface area contributed by atoms with Crippen molar-refractivity contribution in [1.82, 2.24) is 19.7 Å². The van der Waals surface area contributed by atoms with Crippen LogP contribution in [-0.2, 0) is 7.05 Å². The lowest BCUT2D eigenvalue weighted by atomic mass is 10.1. The van der Waals surface area contributed by atoms with Crippen molar-refractivity contribution in [3.05, 3.63) is 47.8 Å². The number of hydrogen-bond donors (Lipinski definition) is 2. The van der Waals surface area contributed by atoms with E-state index in [1.165, 1.54) is 26.4 Å². The van der Waals surface area contributed by atoms with E-state index < -0.39 is 0 Å². The fraction of sp³-hybridized carbons (Fsp3) is 0.364. The SMILES string of the molecule is COc1nn(C)cc1C(=O)Nc1ccc(Nc2cc(C)nc(N3CCCCC3)n2)cc1. The molecule has 1 aromatic carbocycles. The zero-order chi connectivity index (χ0) is 21.8. The Kier molecular flexibility index (Phi) is 6.01. The number of anilines is 4. The Morgan fingerprint density at radius 3 is 2.48 bits per heavy atom. The molecule has 3 heterocycles. The molecule has 0 atom stereocenters. The Bertz CT molecular complexity index is 1060. The molecule has 31 heavy (non-hydrogen) atoms. The number of benzene rings is 1. The van der Waals surface area contributed by atoms with Gasteiger partial charge in [0.15, 0.2) is 0 Å². The summed E-state index contributed by atoms with van der Waals surface area (Å²) >= 11 is 0. The minimum Gasteiger partial charge on any atom is -0.479 e. The van der Waals surface area contributed by atoms with Crippen molar-refractivity contribution >= 4 is 29.0 Å². The van der Waals surface area contributed by atoms with Crippen molar-refractivity contribution in [2.45, 2.75) is 26.2 Å². The largest absolute Gasteiger partial charge is 0.479 e. The monoisotopic (exact) mass is 421 g/mol. The van der Waals surface area contributed by atoms with Crippen LogP contribution in [-0.4, -0.2) is 45.9 Å². The van der Waals surface area contributed by atoms with Gasteiger partial charge in [0.25, 0.3) is 5.91 Å². The molecule has 1 saturated heterocycles. The molecule has 0 spiro atoms. The number of aryl methyl sites for hydroxylation is 2. The van der Waals surface area contributed by atoms with Crippen LogP contribution in [0.1, 0.15) is 35.3 Å². The molecule has 3 aromatic rings. The van der Waals surface area contributed by atoms with Crippen molar-refractivity contribution in [2.75, 3.05) is 35.7 Å². The first-order valence-corrected chi connectivity index (χ1v) is 10.4. The van der Waals surface area contributed by atoms with E-state index in [4.69, 9.17) is 9.72 Å². The molecule has 1 amide bonds. The molecule has 2 aromatic heterocycles. The predicted octanol–water partition coefficient (Wildman–Crippen LogP) is 3.51. The van der Waals surface area contributed by atoms with Crippen LogP contribution in [0.3, 0.4) is 0 Å². The second kappa shape index (κ2) is 9.03. The van der Waals surface area contributed by atoms with Gasteiger partial charge in [-0.3, -0.25) is 9.48 Å². The summed E-state index contributed by atoms with van der Waals surface area (Å²) in [4.78, 5) is 24.1.